The van der Waals surface area contributed by atoms with Crippen LogP contribution in [-0.4, -0.2) is 49.3 Å². The Bertz CT molecular complexity index is 1090. The van der Waals surface area contributed by atoms with Gasteiger partial charge in [-0.05, 0) is 29.9 Å². The lowest BCUT2D eigenvalue weighted by molar-refractivity contribution is -0.271. The van der Waals surface area contributed by atoms with Crippen molar-refractivity contribution in [1.29, 1.82) is 0 Å². The summed E-state index contributed by atoms with van der Waals surface area (Å²) in [4.78, 5) is 26.8. The van der Waals surface area contributed by atoms with Gasteiger partial charge < -0.3 is 14.4 Å². The van der Waals surface area contributed by atoms with E-state index < -0.39 is 29.7 Å². The molecule has 4 atom stereocenters. The van der Waals surface area contributed by atoms with E-state index in [0.29, 0.717) is 12.0 Å². The smallest absolute Gasteiger partial charge is 0.430 e. The van der Waals surface area contributed by atoms with Crippen LogP contribution in [0.15, 0.2) is 72.3 Å². The van der Waals surface area contributed by atoms with E-state index in [0.717, 1.165) is 19.1 Å². The lowest BCUT2D eigenvalue weighted by Crippen LogP contribution is -2.61. The first-order valence-electron chi connectivity index (χ1n) is 11.6. The van der Waals surface area contributed by atoms with Crippen molar-refractivity contribution >= 4 is 11.9 Å². The molecule has 2 aromatic rings. The van der Waals surface area contributed by atoms with Crippen molar-refractivity contribution in [3.63, 3.8) is 0 Å². The lowest BCUT2D eigenvalue weighted by Gasteiger charge is -2.44. The molecule has 2 aliphatic heterocycles. The Balaban J connectivity index is 1.79. The molecule has 2 bridgehead atoms. The monoisotopic (exact) mass is 487 g/mol. The molecule has 3 unspecified atom stereocenters. The maximum atomic E-state index is 14.6. The van der Waals surface area contributed by atoms with Gasteiger partial charge in [0.1, 0.15) is 6.61 Å². The molecule has 186 valence electrons. The van der Waals surface area contributed by atoms with Crippen LogP contribution in [-0.2, 0) is 24.7 Å². The van der Waals surface area contributed by atoms with Crippen molar-refractivity contribution in [3.8, 4) is 0 Å². The fourth-order valence-electron chi connectivity index (χ4n) is 5.36. The highest BCUT2D eigenvalue weighted by Gasteiger charge is 2.65. The van der Waals surface area contributed by atoms with Crippen LogP contribution in [0.25, 0.3) is 0 Å². The molecule has 1 amide bonds. The topological polar surface area (TPSA) is 55.8 Å². The van der Waals surface area contributed by atoms with Crippen molar-refractivity contribution in [2.24, 2.45) is 5.92 Å². The molecule has 2 aromatic carbocycles. The maximum Gasteiger partial charge on any atom is 0.430 e. The molecule has 35 heavy (non-hydrogen) atoms. The van der Waals surface area contributed by atoms with E-state index in [1.807, 2.05) is 36.4 Å². The van der Waals surface area contributed by atoms with Gasteiger partial charge in [0, 0.05) is 32.1 Å². The predicted molar refractivity (Wildman–Crippen MR) is 123 cm³/mol. The molecular weight excluding hydrogens is 459 g/mol. The number of methoxy groups -OCH3 is 1. The number of fused-ring (bicyclic) bond motifs is 3. The number of allylic oxidation sites excluding steroid dienone is 1. The quantitative estimate of drug-likeness (QED) is 0.426. The van der Waals surface area contributed by atoms with E-state index in [-0.39, 0.29) is 30.6 Å². The molecular formula is C27H28F3NO4. The minimum atomic E-state index is -5.00. The lowest BCUT2D eigenvalue weighted by atomic mass is 9.81. The van der Waals surface area contributed by atoms with E-state index in [2.05, 4.69) is 0 Å². The van der Waals surface area contributed by atoms with Crippen molar-refractivity contribution in [3.05, 3.63) is 83.4 Å². The van der Waals surface area contributed by atoms with Gasteiger partial charge in [-0.15, -0.1) is 0 Å². The van der Waals surface area contributed by atoms with E-state index in [1.54, 1.807) is 6.07 Å². The Morgan fingerprint density at radius 2 is 1.63 bits per heavy atom. The van der Waals surface area contributed by atoms with Crippen LogP contribution in [0.5, 0.6) is 0 Å². The van der Waals surface area contributed by atoms with Gasteiger partial charge in [0.25, 0.3) is 11.5 Å². The molecule has 5 nitrogen and oxygen atoms in total. The van der Waals surface area contributed by atoms with E-state index in [9.17, 15) is 22.8 Å². The third kappa shape index (κ3) is 4.59. The number of halogens is 3. The average molecular weight is 488 g/mol. The minimum Gasteiger partial charge on any atom is -0.461 e. The number of amides is 1. The van der Waals surface area contributed by atoms with Crippen LogP contribution < -0.4 is 0 Å². The molecule has 8 heteroatoms. The summed E-state index contributed by atoms with van der Waals surface area (Å²) in [5, 5.41) is 0. The molecule has 5 rings (SSSR count). The van der Waals surface area contributed by atoms with Crippen molar-refractivity contribution in [2.45, 2.75) is 43.5 Å². The van der Waals surface area contributed by atoms with Gasteiger partial charge in [-0.25, -0.2) is 0 Å². The molecule has 1 saturated heterocycles. The van der Waals surface area contributed by atoms with Crippen LogP contribution in [0, 0.1) is 5.92 Å². The second-order valence-corrected chi connectivity index (χ2v) is 9.02. The first-order valence-corrected chi connectivity index (χ1v) is 11.6. The summed E-state index contributed by atoms with van der Waals surface area (Å²) in [5.74, 6) is -1.87. The van der Waals surface area contributed by atoms with Crippen molar-refractivity contribution < 1.29 is 32.2 Å². The molecule has 0 N–H and O–H groups in total. The molecule has 0 aromatic heterocycles. The van der Waals surface area contributed by atoms with Crippen LogP contribution >= 0.6 is 0 Å². The fourth-order valence-corrected chi connectivity index (χ4v) is 5.36. The third-order valence-corrected chi connectivity index (χ3v) is 7.02. The molecule has 0 radical (unpaired) electrons. The summed E-state index contributed by atoms with van der Waals surface area (Å²) in [6, 6.07) is 16.0. The molecule has 1 fully saturated rings. The average Bonchev–Trinajstić information content (AvgIpc) is 3.12. The Labute approximate surface area is 202 Å². The fraction of sp³-hybridized carbons (Fsp3) is 0.407. The number of nitrogens with zero attached hydrogens (tertiary/aromatic N) is 1. The Morgan fingerprint density at radius 1 is 1.00 bits per heavy atom. The number of rotatable bonds is 6. The number of alkyl halides is 3. The number of carbonyl (C=O) groups is 2. The summed E-state index contributed by atoms with van der Waals surface area (Å²) >= 11 is 0. The summed E-state index contributed by atoms with van der Waals surface area (Å²) < 4.78 is 54.3. The number of ether oxygens (including phenoxy) is 2. The van der Waals surface area contributed by atoms with Gasteiger partial charge in [-0.1, -0.05) is 66.7 Å². The van der Waals surface area contributed by atoms with Gasteiger partial charge in [0.2, 0.25) is 0 Å². The Hall–Kier alpha value is -3.13. The molecule has 1 aliphatic carbocycles. The highest BCUT2D eigenvalue weighted by molar-refractivity contribution is 5.88. The minimum absolute atomic E-state index is 0.0861. The second kappa shape index (κ2) is 9.85. The largest absolute Gasteiger partial charge is 0.461 e. The standard InChI is InChI=1S/C27H28F3NO4/c1-18(32)35-17-21-15-23(19-9-5-3-6-10-19)20-13-14-24(21)31(16-20)25(33)26(34-2,27(28,29)30)22-11-7-4-8-12-22/h3-12,15,20,23-24H,13-14,16-17H2,1-2H3/t20?,23-,24?,26?/m1/s1. The highest BCUT2D eigenvalue weighted by atomic mass is 19.4. The number of piperidine rings is 1. The Morgan fingerprint density at radius 3 is 2.20 bits per heavy atom. The molecule has 0 saturated carbocycles. The van der Waals surface area contributed by atoms with Gasteiger partial charge >= 0.3 is 12.1 Å². The summed E-state index contributed by atoms with van der Waals surface area (Å²) in [6.45, 7) is 1.33. The molecule has 0 spiro atoms. The van der Waals surface area contributed by atoms with Crippen LogP contribution in [0.1, 0.15) is 36.8 Å². The summed E-state index contributed by atoms with van der Waals surface area (Å²) in [7, 11) is 0.914. The normalized spacial score (nSPS) is 23.7. The van der Waals surface area contributed by atoms with Crippen molar-refractivity contribution in [2.75, 3.05) is 20.3 Å². The second-order valence-electron chi connectivity index (χ2n) is 9.02. The van der Waals surface area contributed by atoms with E-state index >= 15 is 0 Å². The van der Waals surface area contributed by atoms with Gasteiger partial charge in [-0.3, -0.25) is 9.59 Å². The van der Waals surface area contributed by atoms with Crippen LogP contribution in [0.2, 0.25) is 0 Å². The first-order chi connectivity index (χ1) is 16.7. The zero-order chi connectivity index (χ0) is 25.2. The summed E-state index contributed by atoms with van der Waals surface area (Å²) in [5.41, 5.74) is -1.79. The Kier molecular flexibility index (Phi) is 7.03. The maximum absolute atomic E-state index is 14.6. The zero-order valence-electron chi connectivity index (χ0n) is 19.6. The van der Waals surface area contributed by atoms with Crippen molar-refractivity contribution in [1.82, 2.24) is 4.90 Å². The van der Waals surface area contributed by atoms with Gasteiger partial charge in [0.15, 0.2) is 0 Å². The number of esters is 1. The van der Waals surface area contributed by atoms with Gasteiger partial charge in [0.05, 0.1) is 6.04 Å². The third-order valence-electron chi connectivity index (χ3n) is 7.02. The highest BCUT2D eigenvalue weighted by Crippen LogP contribution is 2.47. The number of benzene rings is 2. The van der Waals surface area contributed by atoms with E-state index in [4.69, 9.17) is 9.47 Å². The summed E-state index contributed by atoms with van der Waals surface area (Å²) in [6.07, 6.45) is -1.83. The molecule has 3 aliphatic rings. The number of hydrogen-bond donors (Lipinski definition) is 0. The SMILES string of the molecule is COC(C(=O)N1CC2CCC1C(COC(C)=O)=C[C@@H]2c1ccccc1)(c1ccccc1)C(F)(F)F. The number of hydrogen-bond acceptors (Lipinski definition) is 4. The van der Waals surface area contributed by atoms with Crippen LogP contribution in [0.4, 0.5) is 13.2 Å². The van der Waals surface area contributed by atoms with E-state index in [1.165, 1.54) is 36.1 Å². The zero-order valence-corrected chi connectivity index (χ0v) is 19.6. The van der Waals surface area contributed by atoms with Gasteiger partial charge in [-0.2, -0.15) is 13.2 Å². The van der Waals surface area contributed by atoms with Crippen LogP contribution in [0.3, 0.4) is 0 Å². The molecule has 2 heterocycles. The first kappa shape index (κ1) is 25.0. The number of carbonyl (C=O) groups excluding carboxylic acids is 2. The predicted octanol–water partition coefficient (Wildman–Crippen LogP) is 4.98.